The lowest BCUT2D eigenvalue weighted by atomic mass is 10.0. The molecular weight excluding hydrogens is 568 g/mol. The van der Waals surface area contributed by atoms with Crippen molar-refractivity contribution in [3.63, 3.8) is 0 Å². The number of hydrogen-bond acceptors (Lipinski definition) is 10. The summed E-state index contributed by atoms with van der Waals surface area (Å²) in [5.41, 5.74) is 9.07. The van der Waals surface area contributed by atoms with Gasteiger partial charge in [-0.15, -0.1) is 17.0 Å². The molecule has 13 heteroatoms. The smallest absolute Gasteiger partial charge is 0.181 e. The van der Waals surface area contributed by atoms with E-state index in [9.17, 15) is 0 Å². The number of rotatable bonds is 9. The fourth-order valence-corrected chi connectivity index (χ4v) is 2.72. The fraction of sp³-hybridized carbons (Fsp3) is 0.550. The molecule has 2 aromatic heterocycles. The molecule has 0 bridgehead atoms. The van der Waals surface area contributed by atoms with Crippen LogP contribution in [0, 0.1) is 13.8 Å². The van der Waals surface area contributed by atoms with Crippen LogP contribution in [-0.4, -0.2) is 90.0 Å². The monoisotopic (exact) mass is 600 g/mol. The van der Waals surface area contributed by atoms with E-state index >= 15 is 0 Å². The van der Waals surface area contributed by atoms with Gasteiger partial charge in [-0.1, -0.05) is 0 Å². The summed E-state index contributed by atoms with van der Waals surface area (Å²) >= 11 is 0. The maximum absolute atomic E-state index is 9.05. The predicted octanol–water partition coefficient (Wildman–Crippen LogP) is -5.46. The highest BCUT2D eigenvalue weighted by molar-refractivity contribution is 8.93. The first-order valence-corrected chi connectivity index (χ1v) is 9.76. The maximum Gasteiger partial charge on any atom is 0.181 e. The fourth-order valence-electron chi connectivity index (χ4n) is 2.72. The number of aliphatic hydroxyl groups excluding tert-OH is 7. The molecule has 0 unspecified atom stereocenters. The molecule has 0 aromatic carbocycles. The molecule has 2 heterocycles. The number of aryl methyl sites for hydroxylation is 1. The number of anilines is 1. The van der Waals surface area contributed by atoms with Crippen LogP contribution in [-0.2, 0) is 13.0 Å². The first kappa shape index (κ1) is 33.9. The van der Waals surface area contributed by atoms with E-state index in [1.54, 1.807) is 6.20 Å². The third-order valence-electron chi connectivity index (χ3n) is 4.71. The van der Waals surface area contributed by atoms with Crippen LogP contribution in [0.4, 0.5) is 5.82 Å². The van der Waals surface area contributed by atoms with Crippen LogP contribution in [0.25, 0.3) is 0 Å². The molecule has 0 radical (unpaired) electrons. The van der Waals surface area contributed by atoms with E-state index in [-0.39, 0.29) is 40.6 Å². The molecule has 0 aliphatic carbocycles. The van der Waals surface area contributed by atoms with E-state index in [2.05, 4.69) is 14.5 Å². The molecule has 0 amide bonds. The van der Waals surface area contributed by atoms with Crippen LogP contribution in [0.1, 0.15) is 22.6 Å². The summed E-state index contributed by atoms with van der Waals surface area (Å²) in [6, 6.07) is 4.00. The van der Waals surface area contributed by atoms with Crippen molar-refractivity contribution in [3.05, 3.63) is 47.2 Å². The Kier molecular flexibility index (Phi) is 17.6. The van der Waals surface area contributed by atoms with Crippen molar-refractivity contribution in [2.24, 2.45) is 0 Å². The van der Waals surface area contributed by atoms with Crippen LogP contribution < -0.4 is 27.3 Å². The van der Waals surface area contributed by atoms with E-state index in [0.717, 1.165) is 16.8 Å². The van der Waals surface area contributed by atoms with Crippen molar-refractivity contribution >= 4 is 22.8 Å². The number of hydrogen-bond donors (Lipinski definition) is 8. The molecule has 2 rings (SSSR count). The molecule has 0 aliphatic heterocycles. The third kappa shape index (κ3) is 10.7. The standard InChI is InChI=1S/C14H19N4O.C6H14O6.2BrH/c1-10-12(5-7-19)4-3-6-18(10)9-13-8-16-11(2)17-14(13)15;7-1-3(9)5(11)6(12)4(10)2-8;;/h3-4,6,8,19H,5,7,9H2,1-2H3,(H2,15,16,17);3-12H,1-2H2;2*1H/q+1;;;/p-1/t;3-,4+,5-,6-;;/m.1../s1. The zero-order valence-corrected chi connectivity index (χ0v) is 21.8. The third-order valence-corrected chi connectivity index (χ3v) is 4.71. The van der Waals surface area contributed by atoms with Crippen LogP contribution in [0.15, 0.2) is 24.5 Å². The molecule has 0 saturated heterocycles. The van der Waals surface area contributed by atoms with Gasteiger partial charge in [0.2, 0.25) is 0 Å². The summed E-state index contributed by atoms with van der Waals surface area (Å²) in [4.78, 5) is 8.35. The summed E-state index contributed by atoms with van der Waals surface area (Å²) in [5, 5.41) is 61.2. The first-order chi connectivity index (χ1) is 14.7. The molecule has 0 fully saturated rings. The lowest BCUT2D eigenvalue weighted by Crippen LogP contribution is -3.00. The molecule has 2 aromatic rings. The van der Waals surface area contributed by atoms with Gasteiger partial charge >= 0.3 is 0 Å². The SMILES string of the molecule is Br.Cc1ncc(C[n+]2cccc(CCO)c2C)c(N)n1.OC[C@@H](O)[C@@H](O)[C@H](O)[C@@H](O)CO.[Br-]. The summed E-state index contributed by atoms with van der Waals surface area (Å²) < 4.78 is 2.09. The highest BCUT2D eigenvalue weighted by atomic mass is 79.9. The molecule has 11 nitrogen and oxygen atoms in total. The number of aromatic nitrogens is 3. The van der Waals surface area contributed by atoms with Crippen molar-refractivity contribution in [2.45, 2.75) is 51.2 Å². The van der Waals surface area contributed by atoms with E-state index in [4.69, 9.17) is 41.5 Å². The lowest BCUT2D eigenvalue weighted by molar-refractivity contribution is -0.694. The van der Waals surface area contributed by atoms with E-state index < -0.39 is 37.6 Å². The Bertz CT molecular complexity index is 806. The average Bonchev–Trinajstić information content (AvgIpc) is 2.76. The zero-order chi connectivity index (χ0) is 23.6. The minimum Gasteiger partial charge on any atom is -1.00 e. The zero-order valence-electron chi connectivity index (χ0n) is 18.5. The van der Waals surface area contributed by atoms with Gasteiger partial charge in [-0.3, -0.25) is 0 Å². The number of aliphatic hydroxyl groups is 7. The Hall–Kier alpha value is -1.29. The Morgan fingerprint density at radius 2 is 1.52 bits per heavy atom. The molecule has 0 spiro atoms. The number of nitrogens with zero attached hydrogens (tertiary/aromatic N) is 3. The topological polar surface area (TPSA) is 197 Å². The van der Waals surface area contributed by atoms with E-state index in [0.29, 0.717) is 24.6 Å². The van der Waals surface area contributed by atoms with E-state index in [1.807, 2.05) is 32.2 Å². The van der Waals surface area contributed by atoms with Gasteiger partial charge in [0.15, 0.2) is 18.4 Å². The van der Waals surface area contributed by atoms with Crippen molar-refractivity contribution in [3.8, 4) is 0 Å². The second-order valence-electron chi connectivity index (χ2n) is 7.03. The van der Waals surface area contributed by atoms with Crippen LogP contribution in [0.5, 0.6) is 0 Å². The highest BCUT2D eigenvalue weighted by Crippen LogP contribution is 2.09. The van der Waals surface area contributed by atoms with Crippen LogP contribution in [0.2, 0.25) is 0 Å². The summed E-state index contributed by atoms with van der Waals surface area (Å²) in [5.74, 6) is 1.20. The van der Waals surface area contributed by atoms with Crippen molar-refractivity contribution < 1.29 is 57.3 Å². The van der Waals surface area contributed by atoms with Gasteiger partial charge in [0.1, 0.15) is 36.1 Å². The van der Waals surface area contributed by atoms with Gasteiger partial charge in [0.25, 0.3) is 0 Å². The number of nitrogens with two attached hydrogens (primary N) is 1. The predicted molar refractivity (Wildman–Crippen MR) is 121 cm³/mol. The Labute approximate surface area is 213 Å². The van der Waals surface area contributed by atoms with Gasteiger partial charge in [-0.05, 0) is 13.0 Å². The molecule has 0 aliphatic rings. The van der Waals surface area contributed by atoms with Gasteiger partial charge in [-0.2, -0.15) is 4.57 Å². The first-order valence-electron chi connectivity index (χ1n) is 9.76. The van der Waals surface area contributed by atoms with Gasteiger partial charge in [0, 0.05) is 37.8 Å². The highest BCUT2D eigenvalue weighted by Gasteiger charge is 2.29. The van der Waals surface area contributed by atoms with Gasteiger partial charge < -0.3 is 58.5 Å². The molecular formula is C20H34Br2N4O7. The summed E-state index contributed by atoms with van der Waals surface area (Å²) in [6.07, 6.45) is -1.97. The van der Waals surface area contributed by atoms with Crippen molar-refractivity contribution in [2.75, 3.05) is 25.6 Å². The molecule has 33 heavy (non-hydrogen) atoms. The summed E-state index contributed by atoms with van der Waals surface area (Å²) in [6.45, 7) is 3.20. The summed E-state index contributed by atoms with van der Waals surface area (Å²) in [7, 11) is 0. The lowest BCUT2D eigenvalue weighted by Gasteiger charge is -2.24. The molecule has 190 valence electrons. The number of nitrogen functional groups attached to an aromatic ring is 1. The number of halogens is 2. The maximum atomic E-state index is 9.05. The average molecular weight is 602 g/mol. The van der Waals surface area contributed by atoms with Crippen molar-refractivity contribution in [1.29, 1.82) is 0 Å². The largest absolute Gasteiger partial charge is 1.00 e. The Balaban J connectivity index is 0. The quantitative estimate of drug-likeness (QED) is 0.128. The minimum atomic E-state index is -1.67. The Morgan fingerprint density at radius 1 is 0.970 bits per heavy atom. The van der Waals surface area contributed by atoms with Gasteiger partial charge in [-0.25, -0.2) is 9.97 Å². The molecule has 4 atom stereocenters. The van der Waals surface area contributed by atoms with E-state index in [1.165, 1.54) is 0 Å². The van der Waals surface area contributed by atoms with Crippen LogP contribution in [0.3, 0.4) is 0 Å². The minimum absolute atomic E-state index is 0. The molecule has 0 saturated carbocycles. The second-order valence-corrected chi connectivity index (χ2v) is 7.03. The normalized spacial score (nSPS) is 14.0. The van der Waals surface area contributed by atoms with Crippen molar-refractivity contribution in [1.82, 2.24) is 9.97 Å². The second kappa shape index (κ2) is 17.2. The number of pyridine rings is 1. The van der Waals surface area contributed by atoms with Gasteiger partial charge in [0.05, 0.1) is 18.8 Å². The Morgan fingerprint density at radius 3 is 1.97 bits per heavy atom. The molecule has 9 N–H and O–H groups in total. The van der Waals surface area contributed by atoms with Crippen LogP contribution >= 0.6 is 17.0 Å².